The fraction of sp³-hybridized carbons (Fsp3) is 0.533. The number of benzene rings is 1. The van der Waals surface area contributed by atoms with E-state index in [-0.39, 0.29) is 6.61 Å². The second-order valence-electron chi connectivity index (χ2n) is 5.41. The Hall–Kier alpha value is -1.75. The van der Waals surface area contributed by atoms with Crippen molar-refractivity contribution in [2.24, 2.45) is 11.7 Å². The largest absolute Gasteiger partial charge is 0.484 e. The molecule has 0 bridgehead atoms. The molecule has 0 atom stereocenters. The van der Waals surface area contributed by atoms with E-state index >= 15 is 0 Å². The molecule has 0 saturated carbocycles. The van der Waals surface area contributed by atoms with Gasteiger partial charge in [0.2, 0.25) is 0 Å². The van der Waals surface area contributed by atoms with Gasteiger partial charge in [0.05, 0.1) is 0 Å². The van der Waals surface area contributed by atoms with Crippen LogP contribution in [0.4, 0.5) is 5.69 Å². The number of likely N-dealkylation sites (tertiary alicyclic amines) is 1. The molecule has 1 aliphatic heterocycles. The van der Waals surface area contributed by atoms with Gasteiger partial charge in [-0.2, -0.15) is 0 Å². The minimum atomic E-state index is -0.463. The van der Waals surface area contributed by atoms with Gasteiger partial charge >= 0.3 is 0 Å². The normalized spacial score (nSPS) is 16.9. The molecule has 20 heavy (non-hydrogen) atoms. The molecule has 0 spiro atoms. The number of hydrogen-bond donors (Lipinski definition) is 2. The lowest BCUT2D eigenvalue weighted by Gasteiger charge is -2.29. The summed E-state index contributed by atoms with van der Waals surface area (Å²) in [5.74, 6) is 0.945. The molecule has 0 radical (unpaired) electrons. The third-order valence-corrected chi connectivity index (χ3v) is 3.67. The van der Waals surface area contributed by atoms with E-state index in [1.54, 1.807) is 0 Å². The summed E-state index contributed by atoms with van der Waals surface area (Å²) in [5, 5.41) is 3.46. The number of nitrogens with one attached hydrogen (secondary N) is 1. The third-order valence-electron chi connectivity index (χ3n) is 3.67. The van der Waals surface area contributed by atoms with Crippen LogP contribution in [-0.2, 0) is 4.79 Å². The van der Waals surface area contributed by atoms with Gasteiger partial charge in [0.1, 0.15) is 5.75 Å². The smallest absolute Gasteiger partial charge is 0.255 e. The van der Waals surface area contributed by atoms with Crippen molar-refractivity contribution in [1.29, 1.82) is 0 Å². The number of rotatable bonds is 6. The van der Waals surface area contributed by atoms with Crippen LogP contribution in [0.25, 0.3) is 0 Å². The minimum Gasteiger partial charge on any atom is -0.484 e. The van der Waals surface area contributed by atoms with Crippen LogP contribution < -0.4 is 15.8 Å². The number of hydrogen-bond acceptors (Lipinski definition) is 4. The predicted octanol–water partition coefficient (Wildman–Crippen LogP) is 1.30. The molecule has 110 valence electrons. The molecule has 1 amide bonds. The number of piperidine rings is 1. The van der Waals surface area contributed by atoms with Crippen molar-refractivity contribution >= 4 is 11.6 Å². The molecule has 1 saturated heterocycles. The molecule has 1 aliphatic rings. The fourth-order valence-corrected chi connectivity index (χ4v) is 2.35. The number of primary amides is 1. The SMILES string of the molecule is CN1CCC(CNc2ccc(OCC(N)=O)cc2)CC1. The number of nitrogens with zero attached hydrogens (tertiary/aromatic N) is 1. The first-order valence-electron chi connectivity index (χ1n) is 7.07. The van der Waals surface area contributed by atoms with Crippen LogP contribution in [0, 0.1) is 5.92 Å². The summed E-state index contributed by atoms with van der Waals surface area (Å²) >= 11 is 0. The van der Waals surface area contributed by atoms with Gasteiger partial charge in [-0.3, -0.25) is 4.79 Å². The molecule has 3 N–H and O–H groups in total. The topological polar surface area (TPSA) is 67.6 Å². The predicted molar refractivity (Wildman–Crippen MR) is 79.8 cm³/mol. The van der Waals surface area contributed by atoms with E-state index in [1.165, 1.54) is 25.9 Å². The number of ether oxygens (including phenoxy) is 1. The number of amides is 1. The molecule has 0 aliphatic carbocycles. The van der Waals surface area contributed by atoms with E-state index in [9.17, 15) is 4.79 Å². The van der Waals surface area contributed by atoms with Gasteiger partial charge in [-0.1, -0.05) is 0 Å². The van der Waals surface area contributed by atoms with Gasteiger partial charge in [0.25, 0.3) is 5.91 Å². The zero-order chi connectivity index (χ0) is 14.4. The van der Waals surface area contributed by atoms with E-state index in [4.69, 9.17) is 10.5 Å². The van der Waals surface area contributed by atoms with Gasteiger partial charge < -0.3 is 20.7 Å². The average Bonchev–Trinajstić information content (AvgIpc) is 2.45. The summed E-state index contributed by atoms with van der Waals surface area (Å²) in [7, 11) is 2.18. The first-order valence-corrected chi connectivity index (χ1v) is 7.07. The van der Waals surface area contributed by atoms with Crippen LogP contribution in [0.15, 0.2) is 24.3 Å². The lowest BCUT2D eigenvalue weighted by molar-refractivity contribution is -0.119. The number of carbonyl (C=O) groups is 1. The molecule has 5 heteroatoms. The summed E-state index contributed by atoms with van der Waals surface area (Å²) in [6, 6.07) is 7.62. The third kappa shape index (κ3) is 4.74. The van der Waals surface area contributed by atoms with Crippen molar-refractivity contribution in [3.05, 3.63) is 24.3 Å². The summed E-state index contributed by atoms with van der Waals surface area (Å²) in [4.78, 5) is 13.0. The van der Waals surface area contributed by atoms with E-state index in [0.29, 0.717) is 5.75 Å². The van der Waals surface area contributed by atoms with Gasteiger partial charge in [-0.25, -0.2) is 0 Å². The van der Waals surface area contributed by atoms with Crippen LogP contribution >= 0.6 is 0 Å². The molecule has 0 unspecified atom stereocenters. The second-order valence-corrected chi connectivity index (χ2v) is 5.41. The summed E-state index contributed by atoms with van der Waals surface area (Å²) in [5.41, 5.74) is 6.11. The van der Waals surface area contributed by atoms with E-state index in [1.807, 2.05) is 24.3 Å². The fourth-order valence-electron chi connectivity index (χ4n) is 2.35. The highest BCUT2D eigenvalue weighted by Crippen LogP contribution is 2.19. The first-order chi connectivity index (χ1) is 9.63. The number of nitrogens with two attached hydrogens (primary N) is 1. The van der Waals surface area contributed by atoms with Crippen molar-refractivity contribution < 1.29 is 9.53 Å². The Morgan fingerprint density at radius 1 is 1.35 bits per heavy atom. The summed E-state index contributed by atoms with van der Waals surface area (Å²) in [6.07, 6.45) is 2.51. The lowest BCUT2D eigenvalue weighted by Crippen LogP contribution is -2.32. The highest BCUT2D eigenvalue weighted by Gasteiger charge is 2.15. The van der Waals surface area contributed by atoms with Crippen LogP contribution in [0.3, 0.4) is 0 Å². The van der Waals surface area contributed by atoms with E-state index in [2.05, 4.69) is 17.3 Å². The van der Waals surface area contributed by atoms with Crippen LogP contribution in [0.2, 0.25) is 0 Å². The minimum absolute atomic E-state index is 0.0810. The zero-order valence-electron chi connectivity index (χ0n) is 12.0. The highest BCUT2D eigenvalue weighted by atomic mass is 16.5. The van der Waals surface area contributed by atoms with Gasteiger partial charge in [0.15, 0.2) is 6.61 Å². The molecule has 0 aromatic heterocycles. The molecule has 1 fully saturated rings. The Morgan fingerprint density at radius 3 is 2.60 bits per heavy atom. The number of carbonyl (C=O) groups excluding carboxylic acids is 1. The van der Waals surface area contributed by atoms with Crippen molar-refractivity contribution in [3.63, 3.8) is 0 Å². The molecule has 1 aromatic rings. The molecular formula is C15H23N3O2. The molecular weight excluding hydrogens is 254 g/mol. The Labute approximate surface area is 120 Å². The quantitative estimate of drug-likeness (QED) is 0.822. The monoisotopic (exact) mass is 277 g/mol. The van der Waals surface area contributed by atoms with E-state index < -0.39 is 5.91 Å². The Morgan fingerprint density at radius 2 is 2.00 bits per heavy atom. The zero-order valence-corrected chi connectivity index (χ0v) is 12.0. The van der Waals surface area contributed by atoms with Gasteiger partial charge in [0, 0.05) is 12.2 Å². The van der Waals surface area contributed by atoms with Crippen LogP contribution in [0.1, 0.15) is 12.8 Å². The maximum absolute atomic E-state index is 10.6. The summed E-state index contributed by atoms with van der Waals surface area (Å²) < 4.78 is 5.22. The maximum Gasteiger partial charge on any atom is 0.255 e. The Kier molecular flexibility index (Phi) is 5.24. The first kappa shape index (κ1) is 14.7. The summed E-state index contributed by atoms with van der Waals surface area (Å²) in [6.45, 7) is 3.30. The molecule has 1 aromatic carbocycles. The Bertz CT molecular complexity index is 425. The van der Waals surface area contributed by atoms with Crippen molar-refractivity contribution in [2.45, 2.75) is 12.8 Å². The highest BCUT2D eigenvalue weighted by molar-refractivity contribution is 5.75. The Balaban J connectivity index is 1.74. The van der Waals surface area contributed by atoms with Crippen LogP contribution in [-0.4, -0.2) is 44.1 Å². The van der Waals surface area contributed by atoms with E-state index in [0.717, 1.165) is 18.2 Å². The van der Waals surface area contributed by atoms with Crippen LogP contribution in [0.5, 0.6) is 5.75 Å². The molecule has 5 nitrogen and oxygen atoms in total. The second kappa shape index (κ2) is 7.14. The molecule has 2 rings (SSSR count). The van der Waals surface area contributed by atoms with Crippen molar-refractivity contribution in [2.75, 3.05) is 38.6 Å². The van der Waals surface area contributed by atoms with Gasteiger partial charge in [-0.05, 0) is 63.2 Å². The van der Waals surface area contributed by atoms with Crippen molar-refractivity contribution in [1.82, 2.24) is 4.90 Å². The standard InChI is InChI=1S/C15H23N3O2/c1-18-8-6-12(7-9-18)10-17-13-2-4-14(5-3-13)20-11-15(16)19/h2-5,12,17H,6-11H2,1H3,(H2,16,19). The number of anilines is 1. The molecule has 1 heterocycles. The van der Waals surface area contributed by atoms with Crippen molar-refractivity contribution in [3.8, 4) is 5.75 Å². The average molecular weight is 277 g/mol. The maximum atomic E-state index is 10.6. The lowest BCUT2D eigenvalue weighted by atomic mass is 9.97. The van der Waals surface area contributed by atoms with Gasteiger partial charge in [-0.15, -0.1) is 0 Å².